The van der Waals surface area contributed by atoms with Crippen LogP contribution in [0.25, 0.3) is 0 Å². The minimum atomic E-state index is -1.78. The Kier molecular flexibility index (Phi) is 37.0. The van der Waals surface area contributed by atoms with Crippen molar-refractivity contribution in [2.75, 3.05) is 19.8 Å². The molecule has 2 heterocycles. The molecule has 14 nitrogen and oxygen atoms in total. The maximum atomic E-state index is 13.2. The van der Waals surface area contributed by atoms with Crippen molar-refractivity contribution in [1.82, 2.24) is 5.32 Å². The number of ether oxygens (including phenoxy) is 4. The maximum absolute atomic E-state index is 13.2. The van der Waals surface area contributed by atoms with Gasteiger partial charge in [-0.05, 0) is 51.4 Å². The predicted octanol–water partition coefficient (Wildman–Crippen LogP) is 7.66. The Balaban J connectivity index is 1.71. The summed E-state index contributed by atoms with van der Waals surface area (Å²) >= 11 is 0. The zero-order valence-corrected chi connectivity index (χ0v) is 42.1. The summed E-state index contributed by atoms with van der Waals surface area (Å²) in [5.74, 6) is -0.213. The predicted molar refractivity (Wildman–Crippen MR) is 267 cm³/mol. The van der Waals surface area contributed by atoms with Gasteiger partial charge in [-0.15, -0.1) is 0 Å². The summed E-state index contributed by atoms with van der Waals surface area (Å²) in [6, 6.07) is -0.828. The molecule has 12 atom stereocenters. The number of hydrogen-bond acceptors (Lipinski definition) is 13. The highest BCUT2D eigenvalue weighted by Crippen LogP contribution is 2.30. The van der Waals surface area contributed by atoms with E-state index in [1.54, 1.807) is 0 Å². The molecular weight excluding hydrogens is 871 g/mol. The molecule has 0 radical (unpaired) electrons. The fourth-order valence-corrected chi connectivity index (χ4v) is 8.70. The molecular formula is C54H97NO13. The molecule has 0 saturated carbocycles. The summed E-state index contributed by atoms with van der Waals surface area (Å²) in [5.41, 5.74) is 0. The fraction of sp³-hybridized carbons (Fsp3) is 0.833. The Hall–Kier alpha value is -2.05. The molecule has 0 aromatic heterocycles. The van der Waals surface area contributed by atoms with Crippen molar-refractivity contribution in [3.63, 3.8) is 0 Å². The van der Waals surface area contributed by atoms with Gasteiger partial charge < -0.3 is 65.1 Å². The zero-order chi connectivity index (χ0) is 49.6. The molecule has 2 saturated heterocycles. The van der Waals surface area contributed by atoms with Gasteiger partial charge in [-0.1, -0.05) is 184 Å². The molecule has 2 rings (SSSR count). The van der Waals surface area contributed by atoms with Gasteiger partial charge in [0.05, 0.1) is 32.0 Å². The molecule has 2 aliphatic heterocycles. The maximum Gasteiger partial charge on any atom is 0.220 e. The van der Waals surface area contributed by atoms with E-state index in [1.807, 2.05) is 0 Å². The molecule has 14 heteroatoms. The van der Waals surface area contributed by atoms with Gasteiger partial charge in [-0.25, -0.2) is 0 Å². The lowest BCUT2D eigenvalue weighted by Crippen LogP contribution is -2.65. The van der Waals surface area contributed by atoms with Gasteiger partial charge in [0, 0.05) is 6.42 Å². The first-order valence-corrected chi connectivity index (χ1v) is 26.9. The van der Waals surface area contributed by atoms with E-state index >= 15 is 0 Å². The summed E-state index contributed by atoms with van der Waals surface area (Å²) in [4.78, 5) is 13.2. The molecule has 68 heavy (non-hydrogen) atoms. The smallest absolute Gasteiger partial charge is 0.220 e. The highest BCUT2D eigenvalue weighted by Gasteiger charge is 2.51. The van der Waals surface area contributed by atoms with Gasteiger partial charge in [-0.2, -0.15) is 0 Å². The highest BCUT2D eigenvalue weighted by atomic mass is 16.7. The lowest BCUT2D eigenvalue weighted by molar-refractivity contribution is -0.359. The number of aliphatic hydroxyl groups excluding tert-OH is 8. The monoisotopic (exact) mass is 968 g/mol. The normalized spacial score (nSPS) is 26.7. The average molecular weight is 968 g/mol. The van der Waals surface area contributed by atoms with Crippen LogP contribution in [0.3, 0.4) is 0 Å². The van der Waals surface area contributed by atoms with E-state index in [2.05, 4.69) is 67.8 Å². The minimum absolute atomic E-state index is 0.213. The molecule has 12 unspecified atom stereocenters. The molecule has 2 fully saturated rings. The average Bonchev–Trinajstić information content (AvgIpc) is 3.34. The first-order chi connectivity index (χ1) is 33.1. The second kappa shape index (κ2) is 40.5. The standard InChI is InChI=1S/C54H97NO13/c1-3-5-7-9-11-13-14-15-16-17-18-19-20-21-22-23-24-25-26-27-28-30-32-34-36-38-46(59)55-42(43(58)37-35-33-31-29-12-10-8-6-4-2)41-65-53-51(64)49(62)52(45(40-57)67-53)68-54-50(63)48(61)47(60)44(39-56)66-54/h5,7,11,13,15-16,18-19,42-45,47-54,56-58,60-64H,3-4,6,8-10,12,14,17,20-41H2,1-2H3,(H,55,59)/b7-5-,13-11-,16-15-,19-18-. The van der Waals surface area contributed by atoms with Crippen molar-refractivity contribution < 1.29 is 64.6 Å². The Morgan fingerprint density at radius 2 is 1.01 bits per heavy atom. The number of unbranched alkanes of at least 4 members (excludes halogenated alkanes) is 20. The number of rotatable bonds is 41. The molecule has 0 aliphatic carbocycles. The SMILES string of the molecule is CC/C=C\C/C=C\C/C=C\C/C=C\CCCCCCCCCCCCCCC(=O)NC(COC1OC(CO)C(OC2OC(CO)C(O)C(O)C2O)C(O)C1O)C(O)CCCCCCCCCCC. The van der Waals surface area contributed by atoms with Crippen LogP contribution in [0, 0.1) is 0 Å². The third-order valence-electron chi connectivity index (χ3n) is 13.1. The largest absolute Gasteiger partial charge is 0.394 e. The quantitative estimate of drug-likeness (QED) is 0.0212. The van der Waals surface area contributed by atoms with E-state index in [9.17, 15) is 45.6 Å². The van der Waals surface area contributed by atoms with Gasteiger partial charge in [0.1, 0.15) is 48.8 Å². The zero-order valence-electron chi connectivity index (χ0n) is 42.1. The summed E-state index contributed by atoms with van der Waals surface area (Å²) in [7, 11) is 0. The number of aliphatic hydroxyl groups is 8. The first-order valence-electron chi connectivity index (χ1n) is 26.9. The van der Waals surface area contributed by atoms with E-state index < -0.39 is 86.8 Å². The summed E-state index contributed by atoms with van der Waals surface area (Å²) in [6.45, 7) is 2.70. The van der Waals surface area contributed by atoms with Crippen molar-refractivity contribution in [2.24, 2.45) is 0 Å². The topological polar surface area (TPSA) is 228 Å². The van der Waals surface area contributed by atoms with Crippen molar-refractivity contribution >= 4 is 5.91 Å². The van der Waals surface area contributed by atoms with Crippen LogP contribution in [-0.4, -0.2) is 140 Å². The molecule has 9 N–H and O–H groups in total. The van der Waals surface area contributed by atoms with Crippen LogP contribution < -0.4 is 5.32 Å². The second-order valence-electron chi connectivity index (χ2n) is 19.0. The Bertz CT molecular complexity index is 1330. The molecule has 0 bridgehead atoms. The highest BCUT2D eigenvalue weighted by molar-refractivity contribution is 5.76. The van der Waals surface area contributed by atoms with Gasteiger partial charge in [-0.3, -0.25) is 4.79 Å². The number of allylic oxidation sites excluding steroid dienone is 8. The van der Waals surface area contributed by atoms with Crippen molar-refractivity contribution in [2.45, 2.75) is 267 Å². The van der Waals surface area contributed by atoms with Crippen molar-refractivity contribution in [1.29, 1.82) is 0 Å². The summed E-state index contributed by atoms with van der Waals surface area (Å²) < 4.78 is 22.7. The van der Waals surface area contributed by atoms with E-state index in [1.165, 1.54) is 83.5 Å². The van der Waals surface area contributed by atoms with Crippen LogP contribution in [0.5, 0.6) is 0 Å². The van der Waals surface area contributed by atoms with Crippen LogP contribution in [0.15, 0.2) is 48.6 Å². The first kappa shape index (κ1) is 62.1. The van der Waals surface area contributed by atoms with E-state index in [0.717, 1.165) is 83.5 Å². The van der Waals surface area contributed by atoms with Crippen LogP contribution in [0.4, 0.5) is 0 Å². The van der Waals surface area contributed by atoms with Crippen molar-refractivity contribution in [3.05, 3.63) is 48.6 Å². The molecule has 2 aliphatic rings. The van der Waals surface area contributed by atoms with Gasteiger partial charge >= 0.3 is 0 Å². The van der Waals surface area contributed by atoms with Crippen LogP contribution in [0.2, 0.25) is 0 Å². The number of amides is 1. The number of carbonyl (C=O) groups excluding carboxylic acids is 1. The Morgan fingerprint density at radius 1 is 0.544 bits per heavy atom. The molecule has 0 aromatic carbocycles. The molecule has 0 spiro atoms. The molecule has 396 valence electrons. The van der Waals surface area contributed by atoms with Crippen LogP contribution >= 0.6 is 0 Å². The van der Waals surface area contributed by atoms with Crippen LogP contribution in [0.1, 0.15) is 194 Å². The molecule has 1 amide bonds. The third-order valence-corrected chi connectivity index (χ3v) is 13.1. The lowest BCUT2D eigenvalue weighted by Gasteiger charge is -2.46. The summed E-state index contributed by atoms with van der Waals surface area (Å²) in [6.07, 6.45) is 31.3. The Labute approximate surface area is 410 Å². The number of nitrogens with one attached hydrogen (secondary N) is 1. The van der Waals surface area contributed by atoms with Crippen LogP contribution in [-0.2, 0) is 23.7 Å². The number of hydrogen-bond donors (Lipinski definition) is 9. The molecule has 0 aromatic rings. The minimum Gasteiger partial charge on any atom is -0.394 e. The third kappa shape index (κ3) is 27.0. The summed E-state index contributed by atoms with van der Waals surface area (Å²) in [5, 5.41) is 86.8. The number of carbonyl (C=O) groups is 1. The van der Waals surface area contributed by atoms with Gasteiger partial charge in [0.2, 0.25) is 5.91 Å². The van der Waals surface area contributed by atoms with E-state index in [-0.39, 0.29) is 12.5 Å². The van der Waals surface area contributed by atoms with E-state index in [4.69, 9.17) is 18.9 Å². The van der Waals surface area contributed by atoms with Gasteiger partial charge in [0.15, 0.2) is 12.6 Å². The second-order valence-corrected chi connectivity index (χ2v) is 19.0. The van der Waals surface area contributed by atoms with Crippen molar-refractivity contribution in [3.8, 4) is 0 Å². The lowest BCUT2D eigenvalue weighted by atomic mass is 9.97. The van der Waals surface area contributed by atoms with E-state index in [0.29, 0.717) is 12.8 Å². The Morgan fingerprint density at radius 3 is 1.56 bits per heavy atom. The fourth-order valence-electron chi connectivity index (χ4n) is 8.70. The van der Waals surface area contributed by atoms with Gasteiger partial charge in [0.25, 0.3) is 0 Å².